The molecule has 1 N–H and O–H groups in total. The summed E-state index contributed by atoms with van der Waals surface area (Å²) in [5.74, 6) is 0.468. The molecule has 1 saturated heterocycles. The number of hydrogen-bond donors (Lipinski definition) is 1. The SMILES string of the molecule is C=C1CN(C(=O)CC(C)C)CCC(C=O)N(C)N1. The number of rotatable bonds is 3. The molecule has 1 fully saturated rings. The second kappa shape index (κ2) is 6.54. The third-order valence-corrected chi connectivity index (χ3v) is 3.00. The number of hydrazine groups is 1. The highest BCUT2D eigenvalue weighted by Crippen LogP contribution is 2.11. The summed E-state index contributed by atoms with van der Waals surface area (Å²) >= 11 is 0. The zero-order valence-electron chi connectivity index (χ0n) is 11.5. The molecule has 0 aliphatic carbocycles. The number of hydrogen-bond acceptors (Lipinski definition) is 4. The van der Waals surface area contributed by atoms with Crippen LogP contribution in [0.25, 0.3) is 0 Å². The zero-order chi connectivity index (χ0) is 13.7. The van der Waals surface area contributed by atoms with Crippen LogP contribution in [0.4, 0.5) is 0 Å². The van der Waals surface area contributed by atoms with E-state index in [-0.39, 0.29) is 11.9 Å². The van der Waals surface area contributed by atoms with Crippen molar-refractivity contribution >= 4 is 12.2 Å². The van der Waals surface area contributed by atoms with Crippen LogP contribution in [0, 0.1) is 5.92 Å². The Bertz CT molecular complexity index is 328. The molecule has 1 aliphatic rings. The van der Waals surface area contributed by atoms with Crippen LogP contribution in [0.1, 0.15) is 26.7 Å². The molecule has 1 atom stereocenters. The summed E-state index contributed by atoms with van der Waals surface area (Å²) < 4.78 is 0. The summed E-state index contributed by atoms with van der Waals surface area (Å²) in [5.41, 5.74) is 3.77. The summed E-state index contributed by atoms with van der Waals surface area (Å²) in [4.78, 5) is 24.8. The largest absolute Gasteiger partial charge is 0.337 e. The van der Waals surface area contributed by atoms with Crippen LogP contribution in [0.5, 0.6) is 0 Å². The van der Waals surface area contributed by atoms with E-state index in [1.807, 2.05) is 20.9 Å². The number of aldehydes is 1. The minimum Gasteiger partial charge on any atom is -0.337 e. The molecule has 1 unspecified atom stereocenters. The molecule has 1 aliphatic heterocycles. The lowest BCUT2D eigenvalue weighted by Gasteiger charge is -2.34. The highest BCUT2D eigenvalue weighted by atomic mass is 16.2. The van der Waals surface area contributed by atoms with Gasteiger partial charge in [-0.1, -0.05) is 20.4 Å². The molecule has 0 bridgehead atoms. The van der Waals surface area contributed by atoms with Gasteiger partial charge in [0.05, 0.1) is 12.6 Å². The van der Waals surface area contributed by atoms with Crippen LogP contribution in [-0.4, -0.2) is 48.3 Å². The van der Waals surface area contributed by atoms with Crippen LogP contribution >= 0.6 is 0 Å². The fourth-order valence-electron chi connectivity index (χ4n) is 2.01. The summed E-state index contributed by atoms with van der Waals surface area (Å²) in [6.45, 7) is 9.03. The van der Waals surface area contributed by atoms with Crippen molar-refractivity contribution in [2.75, 3.05) is 20.1 Å². The molecule has 1 amide bonds. The molecule has 0 aromatic heterocycles. The van der Waals surface area contributed by atoms with Crippen LogP contribution in [0.2, 0.25) is 0 Å². The molecule has 0 saturated carbocycles. The van der Waals surface area contributed by atoms with Crippen molar-refractivity contribution in [1.82, 2.24) is 15.3 Å². The van der Waals surface area contributed by atoms with Gasteiger partial charge in [0.25, 0.3) is 0 Å². The second-order valence-corrected chi connectivity index (χ2v) is 5.23. The molecule has 1 heterocycles. The molecular weight excluding hydrogens is 230 g/mol. The first-order valence-electron chi connectivity index (χ1n) is 6.34. The number of nitrogens with one attached hydrogen (secondary N) is 1. The molecule has 1 rings (SSSR count). The van der Waals surface area contributed by atoms with Gasteiger partial charge in [-0.15, -0.1) is 0 Å². The van der Waals surface area contributed by atoms with Crippen LogP contribution in [0.3, 0.4) is 0 Å². The number of carbonyl (C=O) groups is 2. The Hall–Kier alpha value is -1.36. The van der Waals surface area contributed by atoms with Crippen LogP contribution in [0.15, 0.2) is 12.3 Å². The van der Waals surface area contributed by atoms with Gasteiger partial charge in [0.1, 0.15) is 6.29 Å². The van der Waals surface area contributed by atoms with Gasteiger partial charge in [-0.05, 0) is 12.3 Å². The Morgan fingerprint density at radius 1 is 1.61 bits per heavy atom. The van der Waals surface area contributed by atoms with Gasteiger partial charge in [-0.25, -0.2) is 5.01 Å². The van der Waals surface area contributed by atoms with Crippen molar-refractivity contribution in [2.45, 2.75) is 32.7 Å². The van der Waals surface area contributed by atoms with Crippen LogP contribution < -0.4 is 5.43 Å². The number of amides is 1. The minimum atomic E-state index is -0.226. The first kappa shape index (κ1) is 14.7. The molecule has 0 radical (unpaired) electrons. The lowest BCUT2D eigenvalue weighted by Crippen LogP contribution is -2.50. The van der Waals surface area contributed by atoms with Gasteiger partial charge in [-0.2, -0.15) is 0 Å². The van der Waals surface area contributed by atoms with Gasteiger partial charge >= 0.3 is 0 Å². The van der Waals surface area contributed by atoms with E-state index in [1.54, 1.807) is 9.91 Å². The Labute approximate surface area is 109 Å². The monoisotopic (exact) mass is 253 g/mol. The van der Waals surface area contributed by atoms with Gasteiger partial charge in [0.2, 0.25) is 5.91 Å². The predicted molar refractivity (Wildman–Crippen MR) is 70.5 cm³/mol. The minimum absolute atomic E-state index is 0.127. The van der Waals surface area contributed by atoms with Crippen molar-refractivity contribution < 1.29 is 9.59 Å². The van der Waals surface area contributed by atoms with E-state index in [0.29, 0.717) is 31.8 Å². The number of likely N-dealkylation sites (N-methyl/N-ethyl adjacent to an activating group) is 1. The standard InChI is InChI=1S/C13H23N3O2/c1-10(2)7-13(18)16-6-5-12(9-17)15(4)14-11(3)8-16/h9-10,12,14H,3,5-8H2,1-2,4H3. The van der Waals surface area contributed by atoms with Crippen molar-refractivity contribution in [3.05, 3.63) is 12.3 Å². The first-order chi connectivity index (χ1) is 8.43. The van der Waals surface area contributed by atoms with Gasteiger partial charge in [0, 0.05) is 25.7 Å². The molecule has 0 spiro atoms. The second-order valence-electron chi connectivity index (χ2n) is 5.23. The summed E-state index contributed by atoms with van der Waals surface area (Å²) in [7, 11) is 1.82. The van der Waals surface area contributed by atoms with Crippen molar-refractivity contribution in [2.24, 2.45) is 5.92 Å². The normalized spacial score (nSPS) is 22.3. The molecule has 5 heteroatoms. The molecule has 0 aromatic rings. The maximum Gasteiger partial charge on any atom is 0.223 e. The van der Waals surface area contributed by atoms with Crippen molar-refractivity contribution in [3.8, 4) is 0 Å². The molecular formula is C13H23N3O2. The van der Waals surface area contributed by atoms with Gasteiger partial charge in [0.15, 0.2) is 0 Å². The smallest absolute Gasteiger partial charge is 0.223 e. The molecule has 0 aromatic carbocycles. The Morgan fingerprint density at radius 2 is 2.28 bits per heavy atom. The van der Waals surface area contributed by atoms with E-state index in [0.717, 1.165) is 12.0 Å². The van der Waals surface area contributed by atoms with E-state index in [1.165, 1.54) is 0 Å². The Balaban J connectivity index is 2.68. The molecule has 102 valence electrons. The lowest BCUT2D eigenvalue weighted by atomic mass is 10.1. The van der Waals surface area contributed by atoms with E-state index in [4.69, 9.17) is 0 Å². The third-order valence-electron chi connectivity index (χ3n) is 3.00. The fourth-order valence-corrected chi connectivity index (χ4v) is 2.01. The van der Waals surface area contributed by atoms with E-state index in [9.17, 15) is 9.59 Å². The maximum atomic E-state index is 12.1. The van der Waals surface area contributed by atoms with Gasteiger partial charge in [-0.3, -0.25) is 4.79 Å². The number of carbonyl (C=O) groups excluding carboxylic acids is 2. The summed E-state index contributed by atoms with van der Waals surface area (Å²) in [6.07, 6.45) is 2.08. The zero-order valence-corrected chi connectivity index (χ0v) is 11.5. The quantitative estimate of drug-likeness (QED) is 0.755. The highest BCUT2D eigenvalue weighted by molar-refractivity contribution is 5.76. The van der Waals surface area contributed by atoms with Crippen molar-refractivity contribution in [3.63, 3.8) is 0 Å². The molecule has 18 heavy (non-hydrogen) atoms. The molecule has 5 nitrogen and oxygen atoms in total. The average molecular weight is 253 g/mol. The number of nitrogens with zero attached hydrogens (tertiary/aromatic N) is 2. The maximum absolute atomic E-state index is 12.1. The topological polar surface area (TPSA) is 52.7 Å². The van der Waals surface area contributed by atoms with E-state index in [2.05, 4.69) is 12.0 Å². The Morgan fingerprint density at radius 3 is 2.83 bits per heavy atom. The first-order valence-corrected chi connectivity index (χ1v) is 6.34. The summed E-state index contributed by atoms with van der Waals surface area (Å²) in [6, 6.07) is -0.226. The lowest BCUT2D eigenvalue weighted by molar-refractivity contribution is -0.132. The fraction of sp³-hybridized carbons (Fsp3) is 0.692. The van der Waals surface area contributed by atoms with Crippen LogP contribution in [-0.2, 0) is 9.59 Å². The highest BCUT2D eigenvalue weighted by Gasteiger charge is 2.23. The van der Waals surface area contributed by atoms with E-state index < -0.39 is 0 Å². The predicted octanol–water partition coefficient (Wildman–Crippen LogP) is 0.782. The average Bonchev–Trinajstić information content (AvgIpc) is 2.24. The third kappa shape index (κ3) is 4.14. The Kier molecular flexibility index (Phi) is 5.34. The summed E-state index contributed by atoms with van der Waals surface area (Å²) in [5, 5.41) is 1.75. The van der Waals surface area contributed by atoms with E-state index >= 15 is 0 Å². The van der Waals surface area contributed by atoms with Gasteiger partial charge < -0.3 is 15.1 Å². The van der Waals surface area contributed by atoms with Crippen molar-refractivity contribution in [1.29, 1.82) is 0 Å².